The number of fused-ring (bicyclic) bond motifs is 1. The van der Waals surface area contributed by atoms with Gasteiger partial charge in [0.2, 0.25) is 0 Å². The second-order valence-corrected chi connectivity index (χ2v) is 3.87. The van der Waals surface area contributed by atoms with E-state index in [1.807, 2.05) is 12.2 Å². The lowest BCUT2D eigenvalue weighted by Gasteiger charge is -2.34. The summed E-state index contributed by atoms with van der Waals surface area (Å²) < 4.78 is 16.1. The van der Waals surface area contributed by atoms with Gasteiger partial charge in [0.15, 0.2) is 0 Å². The standard InChI is InChI=1S/C11H18N2O3/c1-14-4-5-15-11-7-16-10-6-8(12)2-3-9(10)13-11/h2,6,9,11,13H,3-5,7,12H2,1H3/t9?,11-/m0/s1. The van der Waals surface area contributed by atoms with Crippen molar-refractivity contribution in [3.63, 3.8) is 0 Å². The molecule has 1 aliphatic carbocycles. The van der Waals surface area contributed by atoms with Gasteiger partial charge in [-0.15, -0.1) is 0 Å². The monoisotopic (exact) mass is 226 g/mol. The molecule has 0 spiro atoms. The van der Waals surface area contributed by atoms with Crippen LogP contribution >= 0.6 is 0 Å². The lowest BCUT2D eigenvalue weighted by Crippen LogP contribution is -2.49. The van der Waals surface area contributed by atoms with Crippen LogP contribution in [0, 0.1) is 0 Å². The van der Waals surface area contributed by atoms with Crippen molar-refractivity contribution < 1.29 is 14.2 Å². The molecule has 16 heavy (non-hydrogen) atoms. The molecular weight excluding hydrogens is 208 g/mol. The van der Waals surface area contributed by atoms with E-state index in [1.54, 1.807) is 7.11 Å². The molecule has 90 valence electrons. The maximum atomic E-state index is 5.70. The number of hydrogen-bond donors (Lipinski definition) is 2. The summed E-state index contributed by atoms with van der Waals surface area (Å²) in [7, 11) is 1.66. The molecule has 0 bridgehead atoms. The zero-order chi connectivity index (χ0) is 11.4. The Balaban J connectivity index is 1.81. The minimum Gasteiger partial charge on any atom is -0.492 e. The molecular formula is C11H18N2O3. The van der Waals surface area contributed by atoms with Gasteiger partial charge in [0.25, 0.3) is 0 Å². The van der Waals surface area contributed by atoms with Gasteiger partial charge >= 0.3 is 0 Å². The van der Waals surface area contributed by atoms with Crippen molar-refractivity contribution in [2.45, 2.75) is 18.7 Å². The zero-order valence-electron chi connectivity index (χ0n) is 9.44. The molecule has 3 N–H and O–H groups in total. The molecule has 0 saturated carbocycles. The lowest BCUT2D eigenvalue weighted by molar-refractivity contribution is -0.0642. The van der Waals surface area contributed by atoms with Gasteiger partial charge in [-0.1, -0.05) is 6.08 Å². The fourth-order valence-corrected chi connectivity index (χ4v) is 1.80. The van der Waals surface area contributed by atoms with E-state index >= 15 is 0 Å². The SMILES string of the molecule is COCCO[C@H]1COC2=CC(N)=CCC2N1. The molecule has 1 heterocycles. The molecule has 0 radical (unpaired) electrons. The number of hydrogen-bond acceptors (Lipinski definition) is 5. The number of morpholine rings is 1. The molecule has 0 aromatic heterocycles. The molecule has 1 fully saturated rings. The van der Waals surface area contributed by atoms with Gasteiger partial charge in [-0.2, -0.15) is 0 Å². The van der Waals surface area contributed by atoms with Crippen LogP contribution in [-0.4, -0.2) is 39.2 Å². The summed E-state index contributed by atoms with van der Waals surface area (Å²) in [5.41, 5.74) is 6.47. The Labute approximate surface area is 95.2 Å². The van der Waals surface area contributed by atoms with Gasteiger partial charge in [0.1, 0.15) is 18.6 Å². The van der Waals surface area contributed by atoms with E-state index in [0.29, 0.717) is 19.8 Å². The van der Waals surface area contributed by atoms with Crippen LogP contribution in [0.2, 0.25) is 0 Å². The number of ether oxygens (including phenoxy) is 3. The van der Waals surface area contributed by atoms with Crippen molar-refractivity contribution >= 4 is 0 Å². The van der Waals surface area contributed by atoms with Crippen molar-refractivity contribution in [1.82, 2.24) is 5.32 Å². The first-order valence-electron chi connectivity index (χ1n) is 5.46. The second kappa shape index (κ2) is 5.34. The van der Waals surface area contributed by atoms with Gasteiger partial charge in [0, 0.05) is 18.9 Å². The van der Waals surface area contributed by atoms with Crippen molar-refractivity contribution in [3.05, 3.63) is 23.6 Å². The Hall–Kier alpha value is -1.04. The highest BCUT2D eigenvalue weighted by molar-refractivity contribution is 5.27. The van der Waals surface area contributed by atoms with Crippen molar-refractivity contribution in [2.24, 2.45) is 5.73 Å². The number of methoxy groups -OCH3 is 1. The minimum absolute atomic E-state index is 0.0648. The van der Waals surface area contributed by atoms with Gasteiger partial charge < -0.3 is 19.9 Å². The largest absolute Gasteiger partial charge is 0.492 e. The molecule has 0 aromatic rings. The summed E-state index contributed by atoms with van der Waals surface area (Å²) in [5.74, 6) is 0.909. The summed E-state index contributed by atoms with van der Waals surface area (Å²) in [6, 6.07) is 0.189. The van der Waals surface area contributed by atoms with Gasteiger partial charge in [-0.3, -0.25) is 5.32 Å². The van der Waals surface area contributed by atoms with Crippen LogP contribution in [0.3, 0.4) is 0 Å². The van der Waals surface area contributed by atoms with E-state index in [9.17, 15) is 0 Å². The Morgan fingerprint density at radius 3 is 3.25 bits per heavy atom. The lowest BCUT2D eigenvalue weighted by atomic mass is 10.0. The second-order valence-electron chi connectivity index (χ2n) is 3.87. The molecule has 5 nitrogen and oxygen atoms in total. The zero-order valence-corrected chi connectivity index (χ0v) is 9.44. The van der Waals surface area contributed by atoms with E-state index in [1.165, 1.54) is 0 Å². The van der Waals surface area contributed by atoms with Crippen LogP contribution in [-0.2, 0) is 14.2 Å². The Morgan fingerprint density at radius 2 is 2.44 bits per heavy atom. The van der Waals surface area contributed by atoms with E-state index in [-0.39, 0.29) is 12.3 Å². The van der Waals surface area contributed by atoms with Crippen LogP contribution in [0.15, 0.2) is 23.6 Å². The fraction of sp³-hybridized carbons (Fsp3) is 0.636. The van der Waals surface area contributed by atoms with Crippen molar-refractivity contribution in [3.8, 4) is 0 Å². The average Bonchev–Trinajstić information content (AvgIpc) is 2.29. The smallest absolute Gasteiger partial charge is 0.143 e. The Morgan fingerprint density at radius 1 is 1.56 bits per heavy atom. The van der Waals surface area contributed by atoms with Crippen LogP contribution < -0.4 is 11.1 Å². The molecule has 2 atom stereocenters. The minimum atomic E-state index is -0.0648. The highest BCUT2D eigenvalue weighted by Crippen LogP contribution is 2.21. The predicted octanol–water partition coefficient (Wildman–Crippen LogP) is 0.0941. The third-order valence-electron chi connectivity index (χ3n) is 2.64. The normalized spacial score (nSPS) is 28.8. The molecule has 1 saturated heterocycles. The summed E-state index contributed by atoms with van der Waals surface area (Å²) >= 11 is 0. The molecule has 1 unspecified atom stereocenters. The number of allylic oxidation sites excluding steroid dienone is 1. The molecule has 2 aliphatic rings. The van der Waals surface area contributed by atoms with Crippen molar-refractivity contribution in [1.29, 1.82) is 0 Å². The topological polar surface area (TPSA) is 65.7 Å². The maximum absolute atomic E-state index is 5.70. The molecule has 2 rings (SSSR count). The molecule has 1 aliphatic heterocycles. The predicted molar refractivity (Wildman–Crippen MR) is 59.5 cm³/mol. The van der Waals surface area contributed by atoms with Crippen LogP contribution in [0.5, 0.6) is 0 Å². The third-order valence-corrected chi connectivity index (χ3v) is 2.64. The summed E-state index contributed by atoms with van der Waals surface area (Å²) in [6.07, 6.45) is 4.64. The third kappa shape index (κ3) is 2.75. The number of nitrogens with two attached hydrogens (primary N) is 1. The van der Waals surface area contributed by atoms with Gasteiger partial charge in [-0.25, -0.2) is 0 Å². The van der Waals surface area contributed by atoms with Gasteiger partial charge in [0.05, 0.1) is 19.3 Å². The molecule has 0 aromatic carbocycles. The quantitative estimate of drug-likeness (QED) is 0.665. The van der Waals surface area contributed by atoms with Crippen LogP contribution in [0.25, 0.3) is 0 Å². The van der Waals surface area contributed by atoms with Gasteiger partial charge in [-0.05, 0) is 6.42 Å². The summed E-state index contributed by atoms with van der Waals surface area (Å²) in [5, 5.41) is 3.36. The Kier molecular flexibility index (Phi) is 3.82. The first-order chi connectivity index (χ1) is 7.79. The number of rotatable bonds is 4. The Bertz CT molecular complexity index is 302. The highest BCUT2D eigenvalue weighted by Gasteiger charge is 2.27. The first-order valence-corrected chi connectivity index (χ1v) is 5.46. The van der Waals surface area contributed by atoms with E-state index in [4.69, 9.17) is 19.9 Å². The van der Waals surface area contributed by atoms with Crippen molar-refractivity contribution in [2.75, 3.05) is 26.9 Å². The van der Waals surface area contributed by atoms with Crippen LogP contribution in [0.4, 0.5) is 0 Å². The molecule has 0 amide bonds. The molecule has 5 heteroatoms. The van der Waals surface area contributed by atoms with E-state index in [2.05, 4.69) is 5.32 Å². The maximum Gasteiger partial charge on any atom is 0.143 e. The van der Waals surface area contributed by atoms with Crippen LogP contribution in [0.1, 0.15) is 6.42 Å². The average molecular weight is 226 g/mol. The van der Waals surface area contributed by atoms with E-state index < -0.39 is 0 Å². The summed E-state index contributed by atoms with van der Waals surface area (Å²) in [6.45, 7) is 1.68. The highest BCUT2D eigenvalue weighted by atomic mass is 16.6. The fourth-order valence-electron chi connectivity index (χ4n) is 1.80. The first kappa shape index (κ1) is 11.4. The number of nitrogens with one attached hydrogen (secondary N) is 1. The van der Waals surface area contributed by atoms with E-state index in [0.717, 1.165) is 17.9 Å². The summed E-state index contributed by atoms with van der Waals surface area (Å²) in [4.78, 5) is 0.